The predicted octanol–water partition coefficient (Wildman–Crippen LogP) is 5.43. The van der Waals surface area contributed by atoms with Crippen LogP contribution in [0.3, 0.4) is 0 Å². The fourth-order valence-corrected chi connectivity index (χ4v) is 3.98. The number of anilines is 2. The summed E-state index contributed by atoms with van der Waals surface area (Å²) in [5, 5.41) is 0. The lowest BCUT2D eigenvalue weighted by Gasteiger charge is -2.32. The van der Waals surface area contributed by atoms with Gasteiger partial charge in [0, 0.05) is 16.3 Å². The summed E-state index contributed by atoms with van der Waals surface area (Å²) < 4.78 is 0. The second kappa shape index (κ2) is 5.53. The molecule has 0 saturated heterocycles. The zero-order chi connectivity index (χ0) is 14.1. The van der Waals surface area contributed by atoms with E-state index in [-0.39, 0.29) is 0 Å². The number of rotatable bonds is 3. The van der Waals surface area contributed by atoms with Crippen molar-refractivity contribution < 1.29 is 0 Å². The number of hydrogen-bond donors (Lipinski definition) is 0. The summed E-state index contributed by atoms with van der Waals surface area (Å²) in [5.74, 6) is 0. The lowest BCUT2D eigenvalue weighted by molar-refractivity contribution is 0.968. The van der Waals surface area contributed by atoms with Gasteiger partial charge in [-0.2, -0.15) is 0 Å². The maximum absolute atomic E-state index is 2.43. The molecule has 0 bridgehead atoms. The maximum Gasteiger partial charge on any atom is 0.0552 e. The fourth-order valence-electron chi connectivity index (χ4n) is 2.76. The molecule has 0 N–H and O–H groups in total. The lowest BCUT2D eigenvalue weighted by atomic mass is 10.1. The molecule has 0 aliphatic carbocycles. The van der Waals surface area contributed by atoms with Gasteiger partial charge in [-0.3, -0.25) is 0 Å². The van der Waals surface area contributed by atoms with Crippen LogP contribution in [-0.4, -0.2) is 6.54 Å². The van der Waals surface area contributed by atoms with Gasteiger partial charge < -0.3 is 4.90 Å². The van der Waals surface area contributed by atoms with E-state index in [1.54, 1.807) is 0 Å². The zero-order valence-electron chi connectivity index (χ0n) is 12.4. The molecule has 1 nitrogen and oxygen atoms in total. The van der Waals surface area contributed by atoms with Gasteiger partial charge in [0.2, 0.25) is 0 Å². The standard InChI is InChI=1S/C18H21NS/c1-4-13-7-9-15-17(11-13)20-18-12-14(5-2)8-10-16(18)19(15)6-3/h7-12H,4-6H2,1-3H3. The van der Waals surface area contributed by atoms with Gasteiger partial charge in [0.15, 0.2) is 0 Å². The summed E-state index contributed by atoms with van der Waals surface area (Å²) in [7, 11) is 0. The van der Waals surface area contributed by atoms with Crippen molar-refractivity contribution in [2.75, 3.05) is 11.4 Å². The Balaban J connectivity index is 2.11. The first-order valence-electron chi connectivity index (χ1n) is 7.48. The van der Waals surface area contributed by atoms with Crippen molar-refractivity contribution in [2.24, 2.45) is 0 Å². The second-order valence-corrected chi connectivity index (χ2v) is 6.24. The quantitative estimate of drug-likeness (QED) is 0.738. The Kier molecular flexibility index (Phi) is 3.75. The minimum Gasteiger partial charge on any atom is -0.340 e. The Morgan fingerprint density at radius 3 is 1.70 bits per heavy atom. The number of fused-ring (bicyclic) bond motifs is 2. The highest BCUT2D eigenvalue weighted by molar-refractivity contribution is 7.99. The van der Waals surface area contributed by atoms with E-state index in [9.17, 15) is 0 Å². The molecule has 2 heteroatoms. The van der Waals surface area contributed by atoms with Crippen molar-refractivity contribution in [3.8, 4) is 0 Å². The topological polar surface area (TPSA) is 3.24 Å². The van der Waals surface area contributed by atoms with E-state index in [1.807, 2.05) is 11.8 Å². The molecule has 0 spiro atoms. The average molecular weight is 283 g/mol. The van der Waals surface area contributed by atoms with Crippen LogP contribution >= 0.6 is 11.8 Å². The maximum atomic E-state index is 2.43. The number of aryl methyl sites for hydroxylation is 2. The smallest absolute Gasteiger partial charge is 0.0552 e. The van der Waals surface area contributed by atoms with E-state index in [2.05, 4.69) is 62.1 Å². The fraction of sp³-hybridized carbons (Fsp3) is 0.333. The van der Waals surface area contributed by atoms with Crippen molar-refractivity contribution in [3.63, 3.8) is 0 Å². The molecular weight excluding hydrogens is 262 g/mol. The highest BCUT2D eigenvalue weighted by atomic mass is 32.2. The first-order chi connectivity index (χ1) is 9.76. The van der Waals surface area contributed by atoms with Gasteiger partial charge in [-0.15, -0.1) is 0 Å². The molecular formula is C18H21NS. The van der Waals surface area contributed by atoms with Crippen molar-refractivity contribution >= 4 is 23.1 Å². The first-order valence-corrected chi connectivity index (χ1v) is 8.29. The molecule has 0 radical (unpaired) electrons. The minimum absolute atomic E-state index is 1.01. The largest absolute Gasteiger partial charge is 0.340 e. The van der Waals surface area contributed by atoms with Gasteiger partial charge in [-0.25, -0.2) is 0 Å². The third-order valence-electron chi connectivity index (χ3n) is 3.98. The van der Waals surface area contributed by atoms with Crippen LogP contribution in [0.25, 0.3) is 0 Å². The Morgan fingerprint density at radius 1 is 0.800 bits per heavy atom. The molecule has 1 aliphatic rings. The molecule has 0 aromatic heterocycles. The Bertz CT molecular complexity index is 580. The molecule has 1 aliphatic heterocycles. The average Bonchev–Trinajstić information content (AvgIpc) is 2.51. The lowest BCUT2D eigenvalue weighted by Crippen LogP contribution is -2.20. The summed E-state index contributed by atoms with van der Waals surface area (Å²) in [6.07, 6.45) is 2.20. The molecule has 2 aromatic carbocycles. The third kappa shape index (κ3) is 2.22. The first kappa shape index (κ1) is 13.6. The highest BCUT2D eigenvalue weighted by Crippen LogP contribution is 2.48. The van der Waals surface area contributed by atoms with Crippen LogP contribution in [0.15, 0.2) is 46.2 Å². The molecule has 2 aromatic rings. The summed E-state index contributed by atoms with van der Waals surface area (Å²) in [6, 6.07) is 13.8. The third-order valence-corrected chi connectivity index (χ3v) is 5.08. The molecule has 3 rings (SSSR count). The summed E-state index contributed by atoms with van der Waals surface area (Å²) in [4.78, 5) is 5.22. The summed E-state index contributed by atoms with van der Waals surface area (Å²) in [6.45, 7) is 7.68. The zero-order valence-corrected chi connectivity index (χ0v) is 13.3. The molecule has 0 saturated carbocycles. The molecule has 1 heterocycles. The van der Waals surface area contributed by atoms with Crippen LogP contribution in [0.1, 0.15) is 31.9 Å². The van der Waals surface area contributed by atoms with E-state index < -0.39 is 0 Å². The van der Waals surface area contributed by atoms with Gasteiger partial charge >= 0.3 is 0 Å². The van der Waals surface area contributed by atoms with Crippen LogP contribution < -0.4 is 4.90 Å². The molecule has 0 atom stereocenters. The van der Waals surface area contributed by atoms with Gasteiger partial charge in [0.1, 0.15) is 0 Å². The molecule has 0 fully saturated rings. The summed E-state index contributed by atoms with van der Waals surface area (Å²) >= 11 is 1.92. The number of benzene rings is 2. The number of nitrogens with zero attached hydrogens (tertiary/aromatic N) is 1. The van der Waals surface area contributed by atoms with Crippen LogP contribution in [0.2, 0.25) is 0 Å². The Labute approximate surface area is 126 Å². The van der Waals surface area contributed by atoms with Crippen LogP contribution in [0.4, 0.5) is 11.4 Å². The van der Waals surface area contributed by atoms with Gasteiger partial charge in [-0.05, 0) is 55.2 Å². The minimum atomic E-state index is 1.01. The Hall–Kier alpha value is -1.41. The van der Waals surface area contributed by atoms with E-state index in [0.717, 1.165) is 19.4 Å². The molecule has 0 amide bonds. The van der Waals surface area contributed by atoms with E-state index in [4.69, 9.17) is 0 Å². The van der Waals surface area contributed by atoms with E-state index in [0.29, 0.717) is 0 Å². The van der Waals surface area contributed by atoms with Crippen LogP contribution in [-0.2, 0) is 12.8 Å². The van der Waals surface area contributed by atoms with E-state index in [1.165, 1.54) is 32.3 Å². The van der Waals surface area contributed by atoms with E-state index >= 15 is 0 Å². The highest BCUT2D eigenvalue weighted by Gasteiger charge is 2.22. The molecule has 0 unspecified atom stereocenters. The SMILES string of the molecule is CCc1ccc2c(c1)Sc1cc(CC)ccc1N2CC. The normalized spacial score (nSPS) is 13.1. The summed E-state index contributed by atoms with van der Waals surface area (Å²) in [5.41, 5.74) is 5.54. The predicted molar refractivity (Wildman–Crippen MR) is 88.4 cm³/mol. The number of hydrogen-bond acceptors (Lipinski definition) is 2. The van der Waals surface area contributed by atoms with Gasteiger partial charge in [0.05, 0.1) is 11.4 Å². The van der Waals surface area contributed by atoms with Crippen molar-refractivity contribution in [1.82, 2.24) is 0 Å². The van der Waals surface area contributed by atoms with Crippen LogP contribution in [0, 0.1) is 0 Å². The monoisotopic (exact) mass is 283 g/mol. The van der Waals surface area contributed by atoms with Gasteiger partial charge in [-0.1, -0.05) is 37.7 Å². The van der Waals surface area contributed by atoms with Crippen LogP contribution in [0.5, 0.6) is 0 Å². The molecule has 20 heavy (non-hydrogen) atoms. The van der Waals surface area contributed by atoms with Crippen molar-refractivity contribution in [2.45, 2.75) is 43.4 Å². The van der Waals surface area contributed by atoms with Gasteiger partial charge in [0.25, 0.3) is 0 Å². The second-order valence-electron chi connectivity index (χ2n) is 5.16. The Morgan fingerprint density at radius 2 is 1.30 bits per heavy atom. The van der Waals surface area contributed by atoms with Crippen molar-refractivity contribution in [3.05, 3.63) is 47.5 Å². The molecule has 104 valence electrons. The van der Waals surface area contributed by atoms with Crippen molar-refractivity contribution in [1.29, 1.82) is 0 Å².